The maximum absolute atomic E-state index is 12.3. The molecule has 0 aliphatic carbocycles. The molecule has 4 aromatic rings. The molecule has 0 fully saturated rings. The molecule has 4 rings (SSSR count). The van der Waals surface area contributed by atoms with E-state index in [1.165, 1.54) is 0 Å². The van der Waals surface area contributed by atoms with Gasteiger partial charge in [-0.05, 0) is 97.1 Å². The molecule has 164 valence electrons. The van der Waals surface area contributed by atoms with Crippen LogP contribution in [0.5, 0.6) is 0 Å². The predicted octanol–water partition coefficient (Wildman–Crippen LogP) is 5.51. The molecular weight excluding hydrogens is 432 g/mol. The number of anilines is 4. The number of carbonyl (C=O) groups excluding carboxylic acids is 2. The number of benzene rings is 4. The number of hydrogen-bond acceptors (Lipinski definition) is 5. The van der Waals surface area contributed by atoms with Gasteiger partial charge in [-0.1, -0.05) is 11.8 Å². The van der Waals surface area contributed by atoms with Gasteiger partial charge in [0, 0.05) is 43.7 Å². The van der Waals surface area contributed by atoms with Crippen LogP contribution in [-0.2, 0) is 0 Å². The Hall–Kier alpha value is -4.23. The molecule has 0 aromatic heterocycles. The Balaban J connectivity index is 1.33. The van der Waals surface area contributed by atoms with E-state index in [2.05, 4.69) is 10.6 Å². The van der Waals surface area contributed by atoms with Crippen LogP contribution in [0.4, 0.5) is 22.7 Å². The van der Waals surface area contributed by atoms with Crippen LogP contribution in [0.3, 0.4) is 0 Å². The van der Waals surface area contributed by atoms with E-state index in [9.17, 15) is 9.59 Å². The Morgan fingerprint density at radius 3 is 1.18 bits per heavy atom. The molecule has 0 unspecified atom stereocenters. The fourth-order valence-electron chi connectivity index (χ4n) is 3.02. The van der Waals surface area contributed by atoms with Gasteiger partial charge in [0.2, 0.25) is 0 Å². The molecule has 0 aliphatic heterocycles. The number of nitrogens with two attached hydrogens (primary N) is 2. The lowest BCUT2D eigenvalue weighted by atomic mass is 10.2. The smallest absolute Gasteiger partial charge is 0.255 e. The van der Waals surface area contributed by atoms with Crippen LogP contribution in [-0.4, -0.2) is 11.8 Å². The van der Waals surface area contributed by atoms with Gasteiger partial charge < -0.3 is 22.1 Å². The van der Waals surface area contributed by atoms with Crippen LogP contribution in [0, 0.1) is 0 Å². The molecule has 0 bridgehead atoms. The van der Waals surface area contributed by atoms with Crippen LogP contribution in [0.1, 0.15) is 20.7 Å². The van der Waals surface area contributed by atoms with E-state index >= 15 is 0 Å². The van der Waals surface area contributed by atoms with Crippen LogP contribution >= 0.6 is 11.8 Å². The summed E-state index contributed by atoms with van der Waals surface area (Å²) in [5.74, 6) is -0.376. The van der Waals surface area contributed by atoms with Crippen molar-refractivity contribution in [2.24, 2.45) is 0 Å². The van der Waals surface area contributed by atoms with E-state index in [1.807, 2.05) is 48.5 Å². The highest BCUT2D eigenvalue weighted by atomic mass is 32.2. The third-order valence-electron chi connectivity index (χ3n) is 4.81. The van der Waals surface area contributed by atoms with Crippen molar-refractivity contribution in [1.29, 1.82) is 0 Å². The molecule has 7 heteroatoms. The maximum Gasteiger partial charge on any atom is 0.255 e. The number of rotatable bonds is 6. The summed E-state index contributed by atoms with van der Waals surface area (Å²) in [5, 5.41) is 5.75. The fourth-order valence-corrected chi connectivity index (χ4v) is 3.84. The minimum absolute atomic E-state index is 0.188. The molecule has 6 N–H and O–H groups in total. The third kappa shape index (κ3) is 5.93. The van der Waals surface area contributed by atoms with Gasteiger partial charge in [0.15, 0.2) is 0 Å². The molecule has 0 atom stereocenters. The predicted molar refractivity (Wildman–Crippen MR) is 135 cm³/mol. The molecule has 0 heterocycles. The second-order valence-electron chi connectivity index (χ2n) is 7.30. The largest absolute Gasteiger partial charge is 0.399 e. The van der Waals surface area contributed by atoms with Crippen molar-refractivity contribution in [2.45, 2.75) is 9.79 Å². The molecule has 6 nitrogen and oxygen atoms in total. The third-order valence-corrected chi connectivity index (χ3v) is 5.82. The van der Waals surface area contributed by atoms with Gasteiger partial charge in [0.25, 0.3) is 11.8 Å². The summed E-state index contributed by atoms with van der Waals surface area (Å²) in [6.07, 6.45) is 0. The molecule has 0 saturated carbocycles. The number of amides is 2. The molecule has 0 saturated heterocycles. The van der Waals surface area contributed by atoms with Gasteiger partial charge in [-0.3, -0.25) is 9.59 Å². The average Bonchev–Trinajstić information content (AvgIpc) is 2.82. The van der Waals surface area contributed by atoms with Gasteiger partial charge >= 0.3 is 0 Å². The zero-order chi connectivity index (χ0) is 23.2. The quantitative estimate of drug-likeness (QED) is 0.287. The first-order valence-electron chi connectivity index (χ1n) is 10.2. The highest BCUT2D eigenvalue weighted by Gasteiger charge is 2.08. The Morgan fingerprint density at radius 1 is 0.515 bits per heavy atom. The number of carbonyl (C=O) groups is 2. The standard InChI is InChI=1S/C26H22N4O2S/c27-19-5-1-17(2-6-19)25(31)29-21-9-13-23(14-10-21)33-24-15-11-22(12-16-24)30-26(32)18-3-7-20(28)8-4-18/h1-16H,27-28H2,(H,29,31)(H,30,32). The van der Waals surface area contributed by atoms with Crippen LogP contribution < -0.4 is 22.1 Å². The van der Waals surface area contributed by atoms with Crippen molar-refractivity contribution in [1.82, 2.24) is 0 Å². The lowest BCUT2D eigenvalue weighted by Crippen LogP contribution is -2.11. The lowest BCUT2D eigenvalue weighted by Gasteiger charge is -2.08. The number of hydrogen-bond donors (Lipinski definition) is 4. The van der Waals surface area contributed by atoms with Crippen LogP contribution in [0.15, 0.2) is 107 Å². The molecule has 33 heavy (non-hydrogen) atoms. The van der Waals surface area contributed by atoms with E-state index in [1.54, 1.807) is 60.3 Å². The van der Waals surface area contributed by atoms with Crippen molar-refractivity contribution in [3.8, 4) is 0 Å². The summed E-state index contributed by atoms with van der Waals surface area (Å²) in [4.78, 5) is 26.7. The zero-order valence-electron chi connectivity index (χ0n) is 17.6. The molecule has 0 aliphatic rings. The molecular formula is C26H22N4O2S. The van der Waals surface area contributed by atoms with Gasteiger partial charge in [0.1, 0.15) is 0 Å². The van der Waals surface area contributed by atoms with Crippen molar-refractivity contribution in [3.63, 3.8) is 0 Å². The molecule has 4 aromatic carbocycles. The Kier molecular flexibility index (Phi) is 6.61. The van der Waals surface area contributed by atoms with Gasteiger partial charge in [-0.2, -0.15) is 0 Å². The second kappa shape index (κ2) is 9.93. The first-order chi connectivity index (χ1) is 16.0. The highest BCUT2D eigenvalue weighted by Crippen LogP contribution is 2.29. The van der Waals surface area contributed by atoms with E-state index in [0.717, 1.165) is 9.79 Å². The zero-order valence-corrected chi connectivity index (χ0v) is 18.4. The molecule has 0 spiro atoms. The van der Waals surface area contributed by atoms with Crippen molar-refractivity contribution in [2.75, 3.05) is 22.1 Å². The summed E-state index contributed by atoms with van der Waals surface area (Å²) >= 11 is 1.59. The minimum Gasteiger partial charge on any atom is -0.399 e. The van der Waals surface area contributed by atoms with E-state index in [-0.39, 0.29) is 11.8 Å². The normalized spacial score (nSPS) is 10.4. The summed E-state index contributed by atoms with van der Waals surface area (Å²) in [5.41, 5.74) is 15.1. The minimum atomic E-state index is -0.188. The van der Waals surface area contributed by atoms with E-state index in [0.29, 0.717) is 33.9 Å². The first-order valence-corrected chi connectivity index (χ1v) is 11.0. The first kappa shape index (κ1) is 22.0. The summed E-state index contributed by atoms with van der Waals surface area (Å²) in [7, 11) is 0. The van der Waals surface area contributed by atoms with Crippen LogP contribution in [0.25, 0.3) is 0 Å². The summed E-state index contributed by atoms with van der Waals surface area (Å²) < 4.78 is 0. The van der Waals surface area contributed by atoms with Gasteiger partial charge in [-0.25, -0.2) is 0 Å². The number of nitrogen functional groups attached to an aromatic ring is 2. The molecule has 0 radical (unpaired) electrons. The van der Waals surface area contributed by atoms with E-state index < -0.39 is 0 Å². The Labute approximate surface area is 196 Å². The van der Waals surface area contributed by atoms with Crippen molar-refractivity contribution >= 4 is 46.3 Å². The van der Waals surface area contributed by atoms with Crippen molar-refractivity contribution < 1.29 is 9.59 Å². The number of nitrogens with one attached hydrogen (secondary N) is 2. The van der Waals surface area contributed by atoms with Crippen LogP contribution in [0.2, 0.25) is 0 Å². The fraction of sp³-hybridized carbons (Fsp3) is 0. The Bertz CT molecular complexity index is 1150. The Morgan fingerprint density at radius 2 is 0.848 bits per heavy atom. The highest BCUT2D eigenvalue weighted by molar-refractivity contribution is 7.99. The van der Waals surface area contributed by atoms with Gasteiger partial charge in [-0.15, -0.1) is 0 Å². The summed E-state index contributed by atoms with van der Waals surface area (Å²) in [6, 6.07) is 28.8. The van der Waals surface area contributed by atoms with Crippen molar-refractivity contribution in [3.05, 3.63) is 108 Å². The second-order valence-corrected chi connectivity index (χ2v) is 8.45. The molecule has 2 amide bonds. The van der Waals surface area contributed by atoms with Gasteiger partial charge in [0.05, 0.1) is 0 Å². The maximum atomic E-state index is 12.3. The van der Waals surface area contributed by atoms with E-state index in [4.69, 9.17) is 11.5 Å². The monoisotopic (exact) mass is 454 g/mol. The SMILES string of the molecule is Nc1ccc(C(=O)Nc2ccc(Sc3ccc(NC(=O)c4ccc(N)cc4)cc3)cc2)cc1. The topological polar surface area (TPSA) is 110 Å². The lowest BCUT2D eigenvalue weighted by molar-refractivity contribution is 0.101. The average molecular weight is 455 g/mol. The summed E-state index contributed by atoms with van der Waals surface area (Å²) in [6.45, 7) is 0.